The number of aromatic nitrogens is 1. The van der Waals surface area contributed by atoms with E-state index in [1.54, 1.807) is 18.2 Å². The van der Waals surface area contributed by atoms with Crippen LogP contribution in [-0.4, -0.2) is 25.4 Å². The van der Waals surface area contributed by atoms with Gasteiger partial charge in [-0.3, -0.25) is 4.79 Å². The van der Waals surface area contributed by atoms with E-state index in [0.29, 0.717) is 28.3 Å². The summed E-state index contributed by atoms with van der Waals surface area (Å²) in [5, 5.41) is 2.82. The molecule has 2 N–H and O–H groups in total. The normalized spacial score (nSPS) is 17.0. The Labute approximate surface area is 162 Å². The Hall–Kier alpha value is -2.71. The first kappa shape index (κ1) is 17.4. The van der Waals surface area contributed by atoms with Crippen LogP contribution in [0.25, 0.3) is 11.1 Å². The van der Waals surface area contributed by atoms with Crippen molar-refractivity contribution in [2.24, 2.45) is 0 Å². The number of hydrogen-bond donors (Lipinski definition) is 2. The Morgan fingerprint density at radius 3 is 2.46 bits per heavy atom. The zero-order valence-electron chi connectivity index (χ0n) is 15.0. The zero-order chi connectivity index (χ0) is 19.3. The predicted molar refractivity (Wildman–Crippen MR) is 104 cm³/mol. The SMILES string of the molecule is O=C(Nc1ccc2oc(C3CC3)nc2c1)c1ccc(S(=O)(=O)NC2CC2)cc1. The molecule has 2 aliphatic carbocycles. The molecule has 0 spiro atoms. The van der Waals surface area contributed by atoms with Crippen molar-refractivity contribution in [1.82, 2.24) is 9.71 Å². The fraction of sp³-hybridized carbons (Fsp3) is 0.300. The molecule has 7 nitrogen and oxygen atoms in total. The Bertz CT molecular complexity index is 1160. The van der Waals surface area contributed by atoms with Crippen LogP contribution in [0.4, 0.5) is 5.69 Å². The van der Waals surface area contributed by atoms with Crippen molar-refractivity contribution in [3.05, 3.63) is 53.9 Å². The standard InChI is InChI=1S/C20H19N3O4S/c24-19(12-3-8-16(9-4-12)28(25,26)23-14-5-6-14)21-15-7-10-18-17(11-15)22-20(27-18)13-1-2-13/h3-4,7-11,13-14,23H,1-2,5-6H2,(H,21,24). The maximum Gasteiger partial charge on any atom is 0.255 e. The second-order valence-electron chi connectivity index (χ2n) is 7.38. The van der Waals surface area contributed by atoms with E-state index in [1.807, 2.05) is 0 Å². The molecule has 1 heterocycles. The second-order valence-corrected chi connectivity index (χ2v) is 9.10. The molecular weight excluding hydrogens is 378 g/mol. The van der Waals surface area contributed by atoms with Crippen LogP contribution < -0.4 is 10.0 Å². The first-order chi connectivity index (χ1) is 13.5. The van der Waals surface area contributed by atoms with Crippen LogP contribution in [0.1, 0.15) is 47.8 Å². The summed E-state index contributed by atoms with van der Waals surface area (Å²) in [6, 6.07) is 11.3. The molecule has 1 amide bonds. The fourth-order valence-electron chi connectivity index (χ4n) is 3.01. The number of amides is 1. The first-order valence-electron chi connectivity index (χ1n) is 9.32. The molecule has 0 unspecified atom stereocenters. The number of nitrogens with one attached hydrogen (secondary N) is 2. The molecule has 0 atom stereocenters. The predicted octanol–water partition coefficient (Wildman–Crippen LogP) is 3.40. The Kier molecular flexibility index (Phi) is 3.99. The van der Waals surface area contributed by atoms with Gasteiger partial charge in [-0.15, -0.1) is 0 Å². The molecule has 8 heteroatoms. The maximum absolute atomic E-state index is 12.5. The minimum atomic E-state index is -3.52. The van der Waals surface area contributed by atoms with Crippen molar-refractivity contribution in [3.8, 4) is 0 Å². The summed E-state index contributed by atoms with van der Waals surface area (Å²) < 4.78 is 32.8. The number of rotatable bonds is 6. The quantitative estimate of drug-likeness (QED) is 0.664. The first-order valence-corrected chi connectivity index (χ1v) is 10.8. The van der Waals surface area contributed by atoms with Gasteiger partial charge in [-0.25, -0.2) is 18.1 Å². The van der Waals surface area contributed by atoms with Crippen LogP contribution in [0.5, 0.6) is 0 Å². The van der Waals surface area contributed by atoms with Crippen LogP contribution in [0.3, 0.4) is 0 Å². The number of hydrogen-bond acceptors (Lipinski definition) is 5. The van der Waals surface area contributed by atoms with E-state index in [2.05, 4.69) is 15.0 Å². The summed E-state index contributed by atoms with van der Waals surface area (Å²) in [5.74, 6) is 0.870. The lowest BCUT2D eigenvalue weighted by atomic mass is 10.2. The van der Waals surface area contributed by atoms with Gasteiger partial charge in [0.25, 0.3) is 5.91 Å². The molecular formula is C20H19N3O4S. The van der Waals surface area contributed by atoms with Gasteiger partial charge in [0.1, 0.15) is 5.52 Å². The second kappa shape index (κ2) is 6.42. The summed E-state index contributed by atoms with van der Waals surface area (Å²) in [6.45, 7) is 0. The van der Waals surface area contributed by atoms with Crippen LogP contribution in [0, 0.1) is 0 Å². The molecule has 2 fully saturated rings. The van der Waals surface area contributed by atoms with Gasteiger partial charge in [-0.2, -0.15) is 0 Å². The van der Waals surface area contributed by atoms with Gasteiger partial charge in [0.2, 0.25) is 10.0 Å². The molecule has 144 valence electrons. The van der Waals surface area contributed by atoms with Crippen molar-refractivity contribution in [3.63, 3.8) is 0 Å². The number of oxazole rings is 1. The molecule has 3 aromatic rings. The third kappa shape index (κ3) is 3.53. The van der Waals surface area contributed by atoms with Crippen molar-refractivity contribution in [1.29, 1.82) is 0 Å². The monoisotopic (exact) mass is 397 g/mol. The van der Waals surface area contributed by atoms with E-state index in [0.717, 1.165) is 31.6 Å². The molecule has 0 radical (unpaired) electrons. The number of fused-ring (bicyclic) bond motifs is 1. The molecule has 2 aliphatic rings. The molecule has 5 rings (SSSR count). The average molecular weight is 397 g/mol. The smallest absolute Gasteiger partial charge is 0.255 e. The van der Waals surface area contributed by atoms with Gasteiger partial charge in [0.15, 0.2) is 11.5 Å². The van der Waals surface area contributed by atoms with Crippen LogP contribution in [0.15, 0.2) is 51.8 Å². The van der Waals surface area contributed by atoms with E-state index in [1.165, 1.54) is 24.3 Å². The summed E-state index contributed by atoms with van der Waals surface area (Å²) in [5.41, 5.74) is 2.41. The van der Waals surface area contributed by atoms with Crippen molar-refractivity contribution in [2.75, 3.05) is 5.32 Å². The molecule has 2 aromatic carbocycles. The number of anilines is 1. The lowest BCUT2D eigenvalue weighted by Crippen LogP contribution is -2.25. The molecule has 0 saturated heterocycles. The van der Waals surface area contributed by atoms with E-state index in [9.17, 15) is 13.2 Å². The number of benzene rings is 2. The highest BCUT2D eigenvalue weighted by Gasteiger charge is 2.29. The Morgan fingerprint density at radius 2 is 1.79 bits per heavy atom. The summed E-state index contributed by atoms with van der Waals surface area (Å²) in [7, 11) is -3.52. The van der Waals surface area contributed by atoms with Crippen molar-refractivity contribution < 1.29 is 17.6 Å². The Morgan fingerprint density at radius 1 is 1.04 bits per heavy atom. The summed E-state index contributed by atoms with van der Waals surface area (Å²) in [6.07, 6.45) is 3.96. The van der Waals surface area contributed by atoms with E-state index < -0.39 is 10.0 Å². The number of nitrogens with zero attached hydrogens (tertiary/aromatic N) is 1. The highest BCUT2D eigenvalue weighted by molar-refractivity contribution is 7.89. The van der Waals surface area contributed by atoms with E-state index in [-0.39, 0.29) is 16.8 Å². The van der Waals surface area contributed by atoms with Crippen LogP contribution in [0.2, 0.25) is 0 Å². The van der Waals surface area contributed by atoms with Gasteiger partial charge < -0.3 is 9.73 Å². The summed E-state index contributed by atoms with van der Waals surface area (Å²) in [4.78, 5) is 17.2. The van der Waals surface area contributed by atoms with Crippen molar-refractivity contribution >= 4 is 32.7 Å². The molecule has 0 bridgehead atoms. The van der Waals surface area contributed by atoms with E-state index >= 15 is 0 Å². The Balaban J connectivity index is 1.31. The number of sulfonamides is 1. The van der Waals surface area contributed by atoms with Gasteiger partial charge in [0, 0.05) is 23.2 Å². The highest BCUT2D eigenvalue weighted by atomic mass is 32.2. The summed E-state index contributed by atoms with van der Waals surface area (Å²) >= 11 is 0. The highest BCUT2D eigenvalue weighted by Crippen LogP contribution is 2.40. The number of carbonyl (C=O) groups is 1. The van der Waals surface area contributed by atoms with Crippen molar-refractivity contribution in [2.45, 2.75) is 42.5 Å². The minimum Gasteiger partial charge on any atom is -0.440 e. The third-order valence-corrected chi connectivity index (χ3v) is 6.45. The van der Waals surface area contributed by atoms with E-state index in [4.69, 9.17) is 4.42 Å². The lowest BCUT2D eigenvalue weighted by Gasteiger charge is -2.08. The van der Waals surface area contributed by atoms with Gasteiger partial charge >= 0.3 is 0 Å². The number of carbonyl (C=O) groups excluding carboxylic acids is 1. The molecule has 2 saturated carbocycles. The topological polar surface area (TPSA) is 101 Å². The van der Waals surface area contributed by atoms with Gasteiger partial charge in [-0.1, -0.05) is 0 Å². The maximum atomic E-state index is 12.5. The zero-order valence-corrected chi connectivity index (χ0v) is 15.8. The van der Waals surface area contributed by atoms with Gasteiger partial charge in [0.05, 0.1) is 4.90 Å². The van der Waals surface area contributed by atoms with Crippen LogP contribution in [-0.2, 0) is 10.0 Å². The lowest BCUT2D eigenvalue weighted by molar-refractivity contribution is 0.102. The molecule has 1 aromatic heterocycles. The van der Waals surface area contributed by atoms with Crippen LogP contribution >= 0.6 is 0 Å². The minimum absolute atomic E-state index is 0.0415. The average Bonchev–Trinajstić information content (AvgIpc) is 3.61. The fourth-order valence-corrected chi connectivity index (χ4v) is 4.31. The van der Waals surface area contributed by atoms with Gasteiger partial charge in [-0.05, 0) is 68.1 Å². The molecule has 0 aliphatic heterocycles. The third-order valence-electron chi connectivity index (χ3n) is 4.91. The largest absolute Gasteiger partial charge is 0.440 e. The molecule has 28 heavy (non-hydrogen) atoms.